The third-order valence-corrected chi connectivity index (χ3v) is 7.66. The van der Waals surface area contributed by atoms with E-state index in [1.807, 2.05) is 49.3 Å². The van der Waals surface area contributed by atoms with Gasteiger partial charge in [-0.2, -0.15) is 4.57 Å². The number of para-hydroxylation sites is 1. The molecule has 0 atom stereocenters. The van der Waals surface area contributed by atoms with E-state index in [0.29, 0.717) is 16.8 Å². The average molecular weight is 407 g/mol. The molecule has 4 nitrogen and oxygen atoms in total. The SMILES string of the molecule is CCn1c(=O)/c(=C2\Sc3cccc(F)c3N2C)s/c1=C\c1scc[n+]1C. The second-order valence-corrected chi connectivity index (χ2v) is 8.86. The molecule has 26 heavy (non-hydrogen) atoms. The fourth-order valence-corrected chi connectivity index (χ4v) is 6.27. The molecule has 134 valence electrons. The number of hydrogen-bond acceptors (Lipinski definition) is 5. The second kappa shape index (κ2) is 6.68. The third-order valence-electron chi connectivity index (χ3n) is 4.29. The van der Waals surface area contributed by atoms with Crippen LogP contribution in [0.4, 0.5) is 10.1 Å². The quantitative estimate of drug-likeness (QED) is 0.611. The molecule has 3 heterocycles. The zero-order valence-electron chi connectivity index (χ0n) is 14.5. The van der Waals surface area contributed by atoms with Gasteiger partial charge in [0.15, 0.2) is 6.20 Å². The standard InChI is InChI=1S/C18H17FN3OS3/c1-4-22-14(10-13-20(2)8-9-24-13)26-16(17(22)23)18-21(3)15-11(19)6-5-7-12(15)25-18/h5-10H,4H2,1-3H3/q+1/b18-16+. The van der Waals surface area contributed by atoms with Crippen LogP contribution >= 0.6 is 34.4 Å². The Bertz CT molecular complexity index is 1180. The molecule has 0 saturated heterocycles. The number of halogens is 1. The molecule has 1 aromatic carbocycles. The Kier molecular flexibility index (Phi) is 4.50. The summed E-state index contributed by atoms with van der Waals surface area (Å²) in [7, 11) is 3.80. The maximum atomic E-state index is 14.2. The molecule has 2 aromatic heterocycles. The van der Waals surface area contributed by atoms with E-state index < -0.39 is 0 Å². The van der Waals surface area contributed by atoms with Crippen LogP contribution in [0.15, 0.2) is 39.5 Å². The topological polar surface area (TPSA) is 29.1 Å². The number of fused-ring (bicyclic) bond motifs is 1. The molecule has 0 saturated carbocycles. The van der Waals surface area contributed by atoms with E-state index >= 15 is 0 Å². The zero-order valence-corrected chi connectivity index (χ0v) is 17.0. The molecule has 1 aliphatic rings. The number of aromatic nitrogens is 2. The van der Waals surface area contributed by atoms with Gasteiger partial charge in [0.1, 0.15) is 27.1 Å². The van der Waals surface area contributed by atoms with Crippen molar-refractivity contribution in [2.75, 3.05) is 11.9 Å². The predicted octanol–water partition coefficient (Wildman–Crippen LogP) is 2.09. The van der Waals surface area contributed by atoms with Crippen molar-refractivity contribution in [3.8, 4) is 0 Å². The van der Waals surface area contributed by atoms with Crippen molar-refractivity contribution in [3.05, 3.63) is 60.1 Å². The number of aryl methyl sites for hydroxylation is 1. The first kappa shape index (κ1) is 17.5. The smallest absolute Gasteiger partial charge is 0.271 e. The summed E-state index contributed by atoms with van der Waals surface area (Å²) in [6.07, 6.45) is 4.03. The van der Waals surface area contributed by atoms with Gasteiger partial charge in [-0.05, 0) is 19.1 Å². The van der Waals surface area contributed by atoms with Gasteiger partial charge in [-0.15, -0.1) is 11.3 Å². The van der Waals surface area contributed by atoms with Crippen molar-refractivity contribution in [1.82, 2.24) is 4.57 Å². The highest BCUT2D eigenvalue weighted by molar-refractivity contribution is 8.08. The van der Waals surface area contributed by atoms with Crippen molar-refractivity contribution < 1.29 is 8.96 Å². The molecule has 0 N–H and O–H groups in total. The molecule has 0 unspecified atom stereocenters. The molecule has 0 amide bonds. The Balaban J connectivity index is 1.96. The fraction of sp³-hybridized carbons (Fsp3) is 0.222. The average Bonchev–Trinajstić information content (AvgIpc) is 3.26. The molecule has 1 aliphatic heterocycles. The van der Waals surface area contributed by atoms with E-state index in [0.717, 1.165) is 19.6 Å². The monoisotopic (exact) mass is 406 g/mol. The first-order chi connectivity index (χ1) is 12.5. The molecule has 3 aromatic rings. The zero-order chi connectivity index (χ0) is 18.4. The molecule has 0 spiro atoms. The van der Waals surface area contributed by atoms with Crippen molar-refractivity contribution >= 4 is 51.2 Å². The van der Waals surface area contributed by atoms with Gasteiger partial charge in [-0.3, -0.25) is 9.36 Å². The largest absolute Gasteiger partial charge is 0.334 e. The van der Waals surface area contributed by atoms with Gasteiger partial charge in [-0.1, -0.05) is 29.2 Å². The molecule has 0 radical (unpaired) electrons. The van der Waals surface area contributed by atoms with Crippen LogP contribution in [0, 0.1) is 5.82 Å². The van der Waals surface area contributed by atoms with E-state index in [1.165, 1.54) is 29.2 Å². The van der Waals surface area contributed by atoms with Crippen LogP contribution in [0.5, 0.6) is 0 Å². The third kappa shape index (κ3) is 2.72. The van der Waals surface area contributed by atoms with Crippen molar-refractivity contribution in [1.29, 1.82) is 0 Å². The first-order valence-electron chi connectivity index (χ1n) is 8.10. The van der Waals surface area contributed by atoms with Gasteiger partial charge >= 0.3 is 0 Å². The number of thioether (sulfide) groups is 1. The lowest BCUT2D eigenvalue weighted by Gasteiger charge is -2.12. The van der Waals surface area contributed by atoms with Gasteiger partial charge in [0.2, 0.25) is 0 Å². The molecular weight excluding hydrogens is 389 g/mol. The highest BCUT2D eigenvalue weighted by Crippen LogP contribution is 2.46. The van der Waals surface area contributed by atoms with Crippen LogP contribution < -0.4 is 24.2 Å². The molecule has 8 heteroatoms. The summed E-state index contributed by atoms with van der Waals surface area (Å²) >= 11 is 4.54. The van der Waals surface area contributed by atoms with Gasteiger partial charge < -0.3 is 4.90 Å². The Morgan fingerprint density at radius 1 is 1.35 bits per heavy atom. The van der Waals surface area contributed by atoms with Gasteiger partial charge in [0.25, 0.3) is 10.6 Å². The summed E-state index contributed by atoms with van der Waals surface area (Å²) in [6.45, 7) is 2.56. The molecule has 4 rings (SSSR count). The maximum Gasteiger partial charge on any atom is 0.271 e. The Hall–Kier alpha value is -1.90. The van der Waals surface area contributed by atoms with E-state index in [4.69, 9.17) is 0 Å². The first-order valence-corrected chi connectivity index (χ1v) is 10.6. The fourth-order valence-electron chi connectivity index (χ4n) is 2.93. The number of hydrogen-bond donors (Lipinski definition) is 0. The lowest BCUT2D eigenvalue weighted by molar-refractivity contribution is -0.668. The van der Waals surface area contributed by atoms with Crippen LogP contribution in [0.1, 0.15) is 11.9 Å². The van der Waals surface area contributed by atoms with E-state index in [-0.39, 0.29) is 11.4 Å². The normalized spacial score (nSPS) is 16.5. The van der Waals surface area contributed by atoms with Gasteiger partial charge in [0.05, 0.1) is 17.1 Å². The number of nitrogens with zero attached hydrogens (tertiary/aromatic N) is 3. The summed E-state index contributed by atoms with van der Waals surface area (Å²) in [4.78, 5) is 15.6. The van der Waals surface area contributed by atoms with Crippen LogP contribution in [0.25, 0.3) is 11.1 Å². The Morgan fingerprint density at radius 2 is 2.15 bits per heavy atom. The number of rotatable bonds is 2. The minimum absolute atomic E-state index is 0.0227. The molecule has 0 aliphatic carbocycles. The Labute approximate surface area is 162 Å². The maximum absolute atomic E-state index is 14.2. The number of benzene rings is 1. The van der Waals surface area contributed by atoms with Crippen molar-refractivity contribution in [2.24, 2.45) is 7.05 Å². The predicted molar refractivity (Wildman–Crippen MR) is 107 cm³/mol. The lowest BCUT2D eigenvalue weighted by atomic mass is 10.3. The van der Waals surface area contributed by atoms with E-state index in [1.54, 1.807) is 26.9 Å². The van der Waals surface area contributed by atoms with Crippen molar-refractivity contribution in [2.45, 2.75) is 18.4 Å². The highest BCUT2D eigenvalue weighted by Gasteiger charge is 2.27. The minimum atomic E-state index is -0.266. The summed E-state index contributed by atoms with van der Waals surface area (Å²) in [5.74, 6) is -0.266. The van der Waals surface area contributed by atoms with Crippen molar-refractivity contribution in [3.63, 3.8) is 0 Å². The number of thiazole rings is 2. The lowest BCUT2D eigenvalue weighted by Crippen LogP contribution is -2.34. The minimum Gasteiger partial charge on any atom is -0.334 e. The van der Waals surface area contributed by atoms with Gasteiger partial charge in [0, 0.05) is 18.5 Å². The van der Waals surface area contributed by atoms with Crippen LogP contribution in [0.3, 0.4) is 0 Å². The molecule has 0 fully saturated rings. The number of anilines is 1. The van der Waals surface area contributed by atoms with Crippen LogP contribution in [0.2, 0.25) is 0 Å². The molecule has 0 bridgehead atoms. The van der Waals surface area contributed by atoms with E-state index in [9.17, 15) is 9.18 Å². The van der Waals surface area contributed by atoms with Gasteiger partial charge in [-0.25, -0.2) is 4.39 Å². The summed E-state index contributed by atoms with van der Waals surface area (Å²) in [5, 5.41) is 3.88. The Morgan fingerprint density at radius 3 is 2.81 bits per heavy atom. The van der Waals surface area contributed by atoms with Crippen LogP contribution in [-0.2, 0) is 13.6 Å². The van der Waals surface area contributed by atoms with Crippen LogP contribution in [-0.4, -0.2) is 11.6 Å². The molecular formula is C18H17FN3OS3+. The summed E-state index contributed by atoms with van der Waals surface area (Å²) in [5.41, 5.74) is 0.518. The summed E-state index contributed by atoms with van der Waals surface area (Å²) < 4.78 is 19.6. The highest BCUT2D eigenvalue weighted by atomic mass is 32.2. The second-order valence-electron chi connectivity index (χ2n) is 5.87. The van der Waals surface area contributed by atoms with E-state index in [2.05, 4.69) is 0 Å². The summed E-state index contributed by atoms with van der Waals surface area (Å²) in [6, 6.07) is 5.04.